The molecule has 0 aliphatic heterocycles. The summed E-state index contributed by atoms with van der Waals surface area (Å²) in [4.78, 5) is 4.28. The maximum atomic E-state index is 5.66. The molecule has 0 bridgehead atoms. The van der Waals surface area contributed by atoms with Gasteiger partial charge in [-0.25, -0.2) is 0 Å². The predicted octanol–water partition coefficient (Wildman–Crippen LogP) is 3.98. The highest BCUT2D eigenvalue weighted by molar-refractivity contribution is 14.0. The van der Waals surface area contributed by atoms with Crippen LogP contribution in [0.1, 0.15) is 25.0 Å². The van der Waals surface area contributed by atoms with Crippen molar-refractivity contribution in [3.63, 3.8) is 0 Å². The van der Waals surface area contributed by atoms with E-state index in [1.807, 2.05) is 56.3 Å². The lowest BCUT2D eigenvalue weighted by molar-refractivity contribution is 0.310. The van der Waals surface area contributed by atoms with Gasteiger partial charge in [0, 0.05) is 25.7 Å². The second-order valence-corrected chi connectivity index (χ2v) is 5.74. The molecule has 0 unspecified atom stereocenters. The molecule has 28 heavy (non-hydrogen) atoms. The molecule has 7 heteroatoms. The van der Waals surface area contributed by atoms with Crippen LogP contribution < -0.4 is 24.8 Å². The van der Waals surface area contributed by atoms with Crippen LogP contribution in [0, 0.1) is 0 Å². The molecule has 6 nitrogen and oxygen atoms in total. The standard InChI is InChI=1S/C21H29N3O3.HI/c1-5-26-18-10-8-7-9-17(18)15-24-21(22-3)23-14-16-11-12-19(27-6-2)20(13-16)25-4;/h7-13H,5-6,14-15H2,1-4H3,(H2,22,23,24);1H. The number of halogens is 1. The summed E-state index contributed by atoms with van der Waals surface area (Å²) in [7, 11) is 3.40. The van der Waals surface area contributed by atoms with E-state index < -0.39 is 0 Å². The monoisotopic (exact) mass is 499 g/mol. The Balaban J connectivity index is 0.00000392. The SMILES string of the molecule is CCOc1ccccc1CNC(=NC)NCc1ccc(OCC)c(OC)c1.I. The lowest BCUT2D eigenvalue weighted by Crippen LogP contribution is -2.36. The van der Waals surface area contributed by atoms with E-state index in [9.17, 15) is 0 Å². The molecule has 2 rings (SSSR count). The van der Waals surface area contributed by atoms with E-state index in [2.05, 4.69) is 15.6 Å². The summed E-state index contributed by atoms with van der Waals surface area (Å²) in [6, 6.07) is 13.9. The molecule has 2 N–H and O–H groups in total. The maximum absolute atomic E-state index is 5.66. The largest absolute Gasteiger partial charge is 0.494 e. The number of guanidine groups is 1. The Morgan fingerprint density at radius 1 is 0.893 bits per heavy atom. The van der Waals surface area contributed by atoms with Crippen LogP contribution in [-0.4, -0.2) is 33.3 Å². The van der Waals surface area contributed by atoms with Gasteiger partial charge in [0.15, 0.2) is 17.5 Å². The van der Waals surface area contributed by atoms with Crippen molar-refractivity contribution in [3.8, 4) is 17.2 Å². The summed E-state index contributed by atoms with van der Waals surface area (Å²) < 4.78 is 16.6. The van der Waals surface area contributed by atoms with Crippen LogP contribution in [0.2, 0.25) is 0 Å². The van der Waals surface area contributed by atoms with E-state index in [0.29, 0.717) is 32.3 Å². The molecule has 0 aromatic heterocycles. The fraction of sp³-hybridized carbons (Fsp3) is 0.381. The molecule has 0 atom stereocenters. The molecule has 154 valence electrons. The summed E-state index contributed by atoms with van der Waals surface area (Å²) in [5, 5.41) is 6.63. The van der Waals surface area contributed by atoms with E-state index in [0.717, 1.165) is 28.4 Å². The van der Waals surface area contributed by atoms with Crippen LogP contribution >= 0.6 is 24.0 Å². The quantitative estimate of drug-likeness (QED) is 0.311. The Morgan fingerprint density at radius 2 is 1.57 bits per heavy atom. The molecule has 0 aliphatic rings. The van der Waals surface area contributed by atoms with Gasteiger partial charge in [-0.05, 0) is 37.6 Å². The van der Waals surface area contributed by atoms with Gasteiger partial charge in [-0.15, -0.1) is 24.0 Å². The predicted molar refractivity (Wildman–Crippen MR) is 124 cm³/mol. The van der Waals surface area contributed by atoms with Gasteiger partial charge < -0.3 is 24.8 Å². The lowest BCUT2D eigenvalue weighted by atomic mass is 10.2. The van der Waals surface area contributed by atoms with E-state index in [1.54, 1.807) is 14.2 Å². The summed E-state index contributed by atoms with van der Waals surface area (Å²) in [6.45, 7) is 6.43. The van der Waals surface area contributed by atoms with Crippen LogP contribution in [0.15, 0.2) is 47.5 Å². The highest BCUT2D eigenvalue weighted by Crippen LogP contribution is 2.27. The third-order valence-corrected chi connectivity index (χ3v) is 3.93. The van der Waals surface area contributed by atoms with Crippen molar-refractivity contribution in [2.24, 2.45) is 4.99 Å². The molecule has 0 saturated heterocycles. The number of hydrogen-bond donors (Lipinski definition) is 2. The van der Waals surface area contributed by atoms with Crippen LogP contribution in [0.5, 0.6) is 17.2 Å². The Bertz CT molecular complexity index is 753. The first-order valence-corrected chi connectivity index (χ1v) is 9.16. The van der Waals surface area contributed by atoms with Gasteiger partial charge in [-0.1, -0.05) is 24.3 Å². The number of methoxy groups -OCH3 is 1. The van der Waals surface area contributed by atoms with Crippen molar-refractivity contribution >= 4 is 29.9 Å². The second-order valence-electron chi connectivity index (χ2n) is 5.74. The van der Waals surface area contributed by atoms with Crippen LogP contribution in [-0.2, 0) is 13.1 Å². The number of rotatable bonds is 9. The zero-order valence-corrected chi connectivity index (χ0v) is 19.3. The molecule has 0 fully saturated rings. The summed E-state index contributed by atoms with van der Waals surface area (Å²) >= 11 is 0. The molecular formula is C21H30IN3O3. The van der Waals surface area contributed by atoms with Crippen molar-refractivity contribution in [1.82, 2.24) is 10.6 Å². The molecule has 2 aromatic carbocycles. The first kappa shape index (κ1) is 23.9. The zero-order valence-electron chi connectivity index (χ0n) is 17.0. The molecule has 0 saturated carbocycles. The summed E-state index contributed by atoms with van der Waals surface area (Å²) in [5.41, 5.74) is 2.16. The average molecular weight is 499 g/mol. The van der Waals surface area contributed by atoms with Crippen molar-refractivity contribution in [2.75, 3.05) is 27.4 Å². The number of benzene rings is 2. The van der Waals surface area contributed by atoms with Crippen molar-refractivity contribution in [2.45, 2.75) is 26.9 Å². The van der Waals surface area contributed by atoms with Crippen LogP contribution in [0.4, 0.5) is 0 Å². The summed E-state index contributed by atoms with van der Waals surface area (Å²) in [6.07, 6.45) is 0. The van der Waals surface area contributed by atoms with Gasteiger partial charge in [-0.2, -0.15) is 0 Å². The molecule has 0 heterocycles. The van der Waals surface area contributed by atoms with E-state index in [1.165, 1.54) is 0 Å². The molecule has 2 aromatic rings. The van der Waals surface area contributed by atoms with E-state index in [-0.39, 0.29) is 24.0 Å². The van der Waals surface area contributed by atoms with Gasteiger partial charge >= 0.3 is 0 Å². The van der Waals surface area contributed by atoms with Crippen LogP contribution in [0.3, 0.4) is 0 Å². The van der Waals surface area contributed by atoms with Gasteiger partial charge in [0.25, 0.3) is 0 Å². The smallest absolute Gasteiger partial charge is 0.191 e. The summed E-state index contributed by atoms with van der Waals surface area (Å²) in [5.74, 6) is 3.08. The van der Waals surface area contributed by atoms with Gasteiger partial charge in [0.2, 0.25) is 0 Å². The minimum atomic E-state index is 0. The maximum Gasteiger partial charge on any atom is 0.191 e. The van der Waals surface area contributed by atoms with E-state index in [4.69, 9.17) is 14.2 Å². The number of hydrogen-bond acceptors (Lipinski definition) is 4. The second kappa shape index (κ2) is 13.1. The Labute approximate surface area is 184 Å². The molecule has 0 aliphatic carbocycles. The lowest BCUT2D eigenvalue weighted by Gasteiger charge is -2.15. The molecule has 0 amide bonds. The Kier molecular flexibility index (Phi) is 11.2. The third-order valence-electron chi connectivity index (χ3n) is 3.93. The van der Waals surface area contributed by atoms with Crippen molar-refractivity contribution in [1.29, 1.82) is 0 Å². The van der Waals surface area contributed by atoms with Gasteiger partial charge in [0.1, 0.15) is 5.75 Å². The van der Waals surface area contributed by atoms with Crippen molar-refractivity contribution in [3.05, 3.63) is 53.6 Å². The number of para-hydroxylation sites is 1. The minimum absolute atomic E-state index is 0. The van der Waals surface area contributed by atoms with Gasteiger partial charge in [0.05, 0.1) is 20.3 Å². The highest BCUT2D eigenvalue weighted by atomic mass is 127. The molecular weight excluding hydrogens is 469 g/mol. The number of nitrogens with one attached hydrogen (secondary N) is 2. The number of nitrogens with zero attached hydrogens (tertiary/aromatic N) is 1. The number of aliphatic imine (C=N–C) groups is 1. The molecule has 0 spiro atoms. The average Bonchev–Trinajstić information content (AvgIpc) is 2.70. The highest BCUT2D eigenvalue weighted by Gasteiger charge is 2.07. The van der Waals surface area contributed by atoms with Gasteiger partial charge in [-0.3, -0.25) is 4.99 Å². The Morgan fingerprint density at radius 3 is 2.25 bits per heavy atom. The van der Waals surface area contributed by atoms with E-state index >= 15 is 0 Å². The first-order valence-electron chi connectivity index (χ1n) is 9.16. The normalized spacial score (nSPS) is 10.6. The Hall–Kier alpha value is -2.16. The third kappa shape index (κ3) is 7.10. The zero-order chi connectivity index (χ0) is 19.5. The van der Waals surface area contributed by atoms with Crippen LogP contribution in [0.25, 0.3) is 0 Å². The fourth-order valence-electron chi connectivity index (χ4n) is 2.63. The van der Waals surface area contributed by atoms with Crippen molar-refractivity contribution < 1.29 is 14.2 Å². The number of ether oxygens (including phenoxy) is 3. The topological polar surface area (TPSA) is 64.1 Å². The fourth-order valence-corrected chi connectivity index (χ4v) is 2.63. The minimum Gasteiger partial charge on any atom is -0.494 e. The molecule has 0 radical (unpaired) electrons. The first-order chi connectivity index (χ1) is 13.2.